The molecule has 2 rings (SSSR count). The Labute approximate surface area is 121 Å². The van der Waals surface area contributed by atoms with Crippen LogP contribution < -0.4 is 5.43 Å². The van der Waals surface area contributed by atoms with Gasteiger partial charge < -0.3 is 15.0 Å². The second-order valence-electron chi connectivity index (χ2n) is 4.77. The van der Waals surface area contributed by atoms with Gasteiger partial charge in [0.1, 0.15) is 11.7 Å². The zero-order valence-corrected chi connectivity index (χ0v) is 11.8. The highest BCUT2D eigenvalue weighted by Gasteiger charge is 2.26. The summed E-state index contributed by atoms with van der Waals surface area (Å²) < 4.78 is 0. The van der Waals surface area contributed by atoms with Crippen molar-refractivity contribution in [2.45, 2.75) is 19.4 Å². The molecule has 0 spiro atoms. The van der Waals surface area contributed by atoms with E-state index in [1.807, 2.05) is 0 Å². The van der Waals surface area contributed by atoms with Crippen LogP contribution >= 0.6 is 0 Å². The third-order valence-electron chi connectivity index (χ3n) is 3.43. The first-order chi connectivity index (χ1) is 9.95. The number of aromatic amines is 1. The molecule has 6 nitrogen and oxygen atoms in total. The largest absolute Gasteiger partial charge is 0.480 e. The van der Waals surface area contributed by atoms with E-state index in [9.17, 15) is 14.4 Å². The van der Waals surface area contributed by atoms with Crippen molar-refractivity contribution >= 4 is 22.8 Å². The number of fused-ring (bicyclic) bond motifs is 1. The number of nitrogens with one attached hydrogen (secondary N) is 1. The minimum atomic E-state index is -1.07. The van der Waals surface area contributed by atoms with Gasteiger partial charge in [-0.1, -0.05) is 19.1 Å². The van der Waals surface area contributed by atoms with Gasteiger partial charge in [0.15, 0.2) is 5.43 Å². The fraction of sp³-hybridized carbons (Fsp3) is 0.267. The number of carboxylic acid groups (broad SMARTS) is 1. The Bertz CT molecular complexity index is 751. The molecular formula is C15H16N2O4. The fourth-order valence-corrected chi connectivity index (χ4v) is 2.26. The van der Waals surface area contributed by atoms with E-state index < -0.39 is 17.9 Å². The molecule has 0 aliphatic carbocycles. The van der Waals surface area contributed by atoms with Gasteiger partial charge in [-0.05, 0) is 18.6 Å². The van der Waals surface area contributed by atoms with Crippen molar-refractivity contribution in [2.24, 2.45) is 0 Å². The molecule has 1 unspecified atom stereocenters. The molecule has 21 heavy (non-hydrogen) atoms. The predicted molar refractivity (Wildman–Crippen MR) is 78.4 cm³/mol. The third kappa shape index (κ3) is 2.79. The lowest BCUT2D eigenvalue weighted by Crippen LogP contribution is -2.42. The van der Waals surface area contributed by atoms with Crippen LogP contribution in [0.4, 0.5) is 0 Å². The second kappa shape index (κ2) is 5.78. The van der Waals surface area contributed by atoms with Gasteiger partial charge in [0.2, 0.25) is 0 Å². The zero-order valence-electron chi connectivity index (χ0n) is 11.8. The Morgan fingerprint density at radius 3 is 2.62 bits per heavy atom. The number of likely N-dealkylation sites (N-methyl/N-ethyl adjacent to an activating group) is 1. The summed E-state index contributed by atoms with van der Waals surface area (Å²) in [5.74, 6) is -1.59. The number of carbonyl (C=O) groups is 2. The van der Waals surface area contributed by atoms with Crippen molar-refractivity contribution in [1.82, 2.24) is 9.88 Å². The number of carboxylic acids is 1. The molecule has 0 aliphatic heterocycles. The van der Waals surface area contributed by atoms with Gasteiger partial charge in [0, 0.05) is 24.0 Å². The zero-order chi connectivity index (χ0) is 15.6. The average Bonchev–Trinajstić information content (AvgIpc) is 2.46. The summed E-state index contributed by atoms with van der Waals surface area (Å²) in [6, 6.07) is 7.13. The Kier molecular flexibility index (Phi) is 4.07. The molecule has 1 amide bonds. The first kappa shape index (κ1) is 14.8. The number of nitrogens with zero attached hydrogens (tertiary/aromatic N) is 1. The summed E-state index contributed by atoms with van der Waals surface area (Å²) >= 11 is 0. The molecule has 2 aromatic rings. The minimum absolute atomic E-state index is 0.0842. The number of hydrogen-bond donors (Lipinski definition) is 2. The molecule has 0 fully saturated rings. The molecule has 0 bridgehead atoms. The van der Waals surface area contributed by atoms with Crippen LogP contribution in [-0.2, 0) is 4.79 Å². The van der Waals surface area contributed by atoms with E-state index in [2.05, 4.69) is 4.98 Å². The first-order valence-electron chi connectivity index (χ1n) is 6.57. The SMILES string of the molecule is CCC(C(=O)O)N(C)C(=O)c1cc(=O)c2ccccc2[nH]1. The highest BCUT2D eigenvalue weighted by Crippen LogP contribution is 2.11. The summed E-state index contributed by atoms with van der Waals surface area (Å²) in [4.78, 5) is 39.5. The number of hydrogen-bond acceptors (Lipinski definition) is 3. The molecule has 0 saturated heterocycles. The maximum atomic E-state index is 12.3. The predicted octanol–water partition coefficient (Wildman–Crippen LogP) is 1.46. The minimum Gasteiger partial charge on any atom is -0.480 e. The van der Waals surface area contributed by atoms with Crippen LogP contribution in [0, 0.1) is 0 Å². The lowest BCUT2D eigenvalue weighted by molar-refractivity contribution is -0.142. The molecule has 6 heteroatoms. The lowest BCUT2D eigenvalue weighted by atomic mass is 10.1. The lowest BCUT2D eigenvalue weighted by Gasteiger charge is -2.23. The van der Waals surface area contributed by atoms with Gasteiger partial charge in [-0.3, -0.25) is 9.59 Å². The van der Waals surface area contributed by atoms with Crippen molar-refractivity contribution in [3.63, 3.8) is 0 Å². The molecule has 0 radical (unpaired) electrons. The molecule has 0 saturated carbocycles. The number of pyridine rings is 1. The number of amides is 1. The molecule has 1 aromatic heterocycles. The smallest absolute Gasteiger partial charge is 0.326 e. The van der Waals surface area contributed by atoms with E-state index in [0.29, 0.717) is 10.9 Å². The Hall–Kier alpha value is -2.63. The van der Waals surface area contributed by atoms with Gasteiger partial charge in [0.05, 0.1) is 0 Å². The van der Waals surface area contributed by atoms with E-state index in [4.69, 9.17) is 5.11 Å². The number of rotatable bonds is 4. The number of carbonyl (C=O) groups excluding carboxylic acids is 1. The summed E-state index contributed by atoms with van der Waals surface area (Å²) in [7, 11) is 1.41. The van der Waals surface area contributed by atoms with Crippen LogP contribution in [-0.4, -0.2) is 40.0 Å². The van der Waals surface area contributed by atoms with Crippen molar-refractivity contribution < 1.29 is 14.7 Å². The number of aliphatic carboxylic acids is 1. The maximum Gasteiger partial charge on any atom is 0.326 e. The van der Waals surface area contributed by atoms with E-state index >= 15 is 0 Å². The number of H-pyrrole nitrogens is 1. The summed E-state index contributed by atoms with van der Waals surface area (Å²) in [5.41, 5.74) is 0.357. The monoisotopic (exact) mass is 288 g/mol. The molecule has 2 N–H and O–H groups in total. The van der Waals surface area contributed by atoms with Gasteiger partial charge in [-0.25, -0.2) is 4.79 Å². The van der Waals surface area contributed by atoms with E-state index in [1.54, 1.807) is 31.2 Å². The third-order valence-corrected chi connectivity index (χ3v) is 3.43. The van der Waals surface area contributed by atoms with E-state index in [0.717, 1.165) is 4.90 Å². The standard InChI is InChI=1S/C15H16N2O4/c1-3-12(15(20)21)17(2)14(19)11-8-13(18)9-6-4-5-7-10(9)16-11/h4-8,12H,3H2,1-2H3,(H,16,18)(H,20,21). The van der Waals surface area contributed by atoms with Crippen molar-refractivity contribution in [3.8, 4) is 0 Å². The molecule has 0 aliphatic rings. The maximum absolute atomic E-state index is 12.3. The second-order valence-corrected chi connectivity index (χ2v) is 4.77. The number of aromatic nitrogens is 1. The number of para-hydroxylation sites is 1. The van der Waals surface area contributed by atoms with Crippen molar-refractivity contribution in [2.75, 3.05) is 7.05 Å². The first-order valence-corrected chi connectivity index (χ1v) is 6.57. The highest BCUT2D eigenvalue weighted by atomic mass is 16.4. The molecule has 1 heterocycles. The van der Waals surface area contributed by atoms with Gasteiger partial charge in [-0.2, -0.15) is 0 Å². The van der Waals surface area contributed by atoms with Crippen LogP contribution in [0.2, 0.25) is 0 Å². The Balaban J connectivity index is 2.44. The van der Waals surface area contributed by atoms with Gasteiger partial charge >= 0.3 is 5.97 Å². The highest BCUT2D eigenvalue weighted by molar-refractivity contribution is 5.96. The van der Waals surface area contributed by atoms with E-state index in [1.165, 1.54) is 13.1 Å². The van der Waals surface area contributed by atoms with Crippen LogP contribution in [0.15, 0.2) is 35.1 Å². The number of benzene rings is 1. The van der Waals surface area contributed by atoms with Crippen LogP contribution in [0.3, 0.4) is 0 Å². The summed E-state index contributed by atoms with van der Waals surface area (Å²) in [5, 5.41) is 9.59. The van der Waals surface area contributed by atoms with Gasteiger partial charge in [-0.15, -0.1) is 0 Å². The summed E-state index contributed by atoms with van der Waals surface area (Å²) in [6.45, 7) is 1.69. The van der Waals surface area contributed by atoms with Crippen LogP contribution in [0.5, 0.6) is 0 Å². The van der Waals surface area contributed by atoms with Crippen LogP contribution in [0.1, 0.15) is 23.8 Å². The molecular weight excluding hydrogens is 272 g/mol. The molecule has 110 valence electrons. The Morgan fingerprint density at radius 1 is 1.33 bits per heavy atom. The molecule has 1 atom stereocenters. The van der Waals surface area contributed by atoms with Crippen molar-refractivity contribution in [1.29, 1.82) is 0 Å². The van der Waals surface area contributed by atoms with E-state index in [-0.39, 0.29) is 17.5 Å². The van der Waals surface area contributed by atoms with Gasteiger partial charge in [0.25, 0.3) is 5.91 Å². The topological polar surface area (TPSA) is 90.5 Å². The molecule has 1 aromatic carbocycles. The quantitative estimate of drug-likeness (QED) is 0.891. The fourth-order valence-electron chi connectivity index (χ4n) is 2.26. The Morgan fingerprint density at radius 2 is 2.00 bits per heavy atom. The normalized spacial score (nSPS) is 12.1. The average molecular weight is 288 g/mol. The van der Waals surface area contributed by atoms with Crippen molar-refractivity contribution in [3.05, 3.63) is 46.2 Å². The van der Waals surface area contributed by atoms with Crippen LogP contribution in [0.25, 0.3) is 10.9 Å². The summed E-state index contributed by atoms with van der Waals surface area (Å²) in [6.07, 6.45) is 0.287.